The van der Waals surface area contributed by atoms with Crippen molar-refractivity contribution in [3.8, 4) is 0 Å². The molecule has 0 bridgehead atoms. The topological polar surface area (TPSA) is 113 Å². The van der Waals surface area contributed by atoms with Gasteiger partial charge in [-0.25, -0.2) is 4.79 Å². The number of amides is 2. The molecule has 7 nitrogen and oxygen atoms in total. The van der Waals surface area contributed by atoms with Crippen LogP contribution in [0.1, 0.15) is 34.3 Å². The van der Waals surface area contributed by atoms with Gasteiger partial charge in [0.15, 0.2) is 5.78 Å². The van der Waals surface area contributed by atoms with E-state index < -0.39 is 24.0 Å². The molecule has 2 amide bonds. The van der Waals surface area contributed by atoms with Gasteiger partial charge in [-0.15, -0.1) is 0 Å². The second kappa shape index (κ2) is 12.8. The van der Waals surface area contributed by atoms with Gasteiger partial charge in [-0.05, 0) is 29.7 Å². The van der Waals surface area contributed by atoms with E-state index in [1.165, 1.54) is 0 Å². The average Bonchev–Trinajstić information content (AvgIpc) is 2.88. The van der Waals surface area contributed by atoms with Crippen LogP contribution in [-0.4, -0.2) is 40.8 Å². The monoisotopic (exact) mass is 472 g/mol. The van der Waals surface area contributed by atoms with Crippen LogP contribution in [0.2, 0.25) is 0 Å². The number of hydrogen-bond donors (Lipinski definition) is 3. The zero-order valence-corrected chi connectivity index (χ0v) is 19.2. The van der Waals surface area contributed by atoms with Crippen LogP contribution in [0.5, 0.6) is 0 Å². The zero-order valence-electron chi connectivity index (χ0n) is 19.2. The fourth-order valence-corrected chi connectivity index (χ4v) is 3.65. The third-order valence-electron chi connectivity index (χ3n) is 5.53. The fourth-order valence-electron chi connectivity index (χ4n) is 3.65. The number of carboxylic acid groups (broad SMARTS) is 1. The molecule has 0 heterocycles. The Morgan fingerprint density at radius 1 is 0.629 bits per heavy atom. The van der Waals surface area contributed by atoms with E-state index in [0.29, 0.717) is 5.56 Å². The van der Waals surface area contributed by atoms with Gasteiger partial charge in [0.2, 0.25) is 5.91 Å². The summed E-state index contributed by atoms with van der Waals surface area (Å²) in [6.07, 6.45) is 0.116. The minimum absolute atomic E-state index is 0.129. The second-order valence-corrected chi connectivity index (χ2v) is 8.20. The number of carbonyl (C=O) groups is 4. The molecule has 3 rings (SSSR count). The van der Waals surface area contributed by atoms with Crippen molar-refractivity contribution in [1.82, 2.24) is 10.6 Å². The Hall–Kier alpha value is -4.26. The molecule has 0 aliphatic rings. The fraction of sp³-hybridized carbons (Fsp3) is 0.214. The van der Waals surface area contributed by atoms with Gasteiger partial charge in [0, 0.05) is 24.8 Å². The molecule has 2 atom stereocenters. The van der Waals surface area contributed by atoms with Gasteiger partial charge in [-0.1, -0.05) is 78.9 Å². The van der Waals surface area contributed by atoms with Crippen LogP contribution in [0.15, 0.2) is 91.0 Å². The molecule has 35 heavy (non-hydrogen) atoms. The lowest BCUT2D eigenvalue weighted by Crippen LogP contribution is -2.44. The molecule has 0 aliphatic carbocycles. The highest BCUT2D eigenvalue weighted by atomic mass is 16.4. The first-order valence-electron chi connectivity index (χ1n) is 11.4. The Morgan fingerprint density at radius 3 is 1.63 bits per heavy atom. The van der Waals surface area contributed by atoms with Gasteiger partial charge in [0.05, 0.1) is 6.04 Å². The van der Waals surface area contributed by atoms with Crippen LogP contribution in [0, 0.1) is 0 Å². The maximum absolute atomic E-state index is 13.0. The number of carbonyl (C=O) groups excluding carboxylic acids is 3. The van der Waals surface area contributed by atoms with Crippen molar-refractivity contribution in [3.05, 3.63) is 108 Å². The highest BCUT2D eigenvalue weighted by Crippen LogP contribution is 2.10. The molecule has 0 fully saturated rings. The van der Waals surface area contributed by atoms with Crippen molar-refractivity contribution in [2.45, 2.75) is 37.8 Å². The molecular formula is C28H28N2O5. The van der Waals surface area contributed by atoms with Crippen LogP contribution >= 0.6 is 0 Å². The van der Waals surface area contributed by atoms with E-state index in [9.17, 15) is 24.3 Å². The number of ketones is 1. The molecule has 7 heteroatoms. The molecule has 0 unspecified atom stereocenters. The number of aliphatic carboxylic acids is 1. The quantitative estimate of drug-likeness (QED) is 0.375. The first-order chi connectivity index (χ1) is 16.9. The smallest absolute Gasteiger partial charge is 0.326 e. The molecule has 0 saturated heterocycles. The van der Waals surface area contributed by atoms with Gasteiger partial charge in [-0.2, -0.15) is 0 Å². The molecule has 0 aromatic heterocycles. The first-order valence-corrected chi connectivity index (χ1v) is 11.4. The zero-order chi connectivity index (χ0) is 25.0. The number of hydrogen-bond acceptors (Lipinski definition) is 4. The largest absolute Gasteiger partial charge is 0.480 e. The average molecular weight is 473 g/mol. The van der Waals surface area contributed by atoms with Gasteiger partial charge in [0.1, 0.15) is 6.04 Å². The Balaban J connectivity index is 1.61. The lowest BCUT2D eigenvalue weighted by Gasteiger charge is -2.19. The van der Waals surface area contributed by atoms with Crippen LogP contribution in [0.25, 0.3) is 0 Å². The predicted molar refractivity (Wildman–Crippen MR) is 132 cm³/mol. The third-order valence-corrected chi connectivity index (χ3v) is 5.53. The van der Waals surface area contributed by atoms with Crippen molar-refractivity contribution in [1.29, 1.82) is 0 Å². The van der Waals surface area contributed by atoms with E-state index in [2.05, 4.69) is 10.6 Å². The molecular weight excluding hydrogens is 444 g/mol. The Kier molecular flexibility index (Phi) is 9.31. The SMILES string of the molecule is O=C(CCC(=O)[C@H](Cc1ccccc1)NC(=O)c1ccccc1)N[C@@H](Cc1ccccc1)C(=O)O. The van der Waals surface area contributed by atoms with Gasteiger partial charge < -0.3 is 15.7 Å². The molecule has 0 aliphatic heterocycles. The van der Waals surface area contributed by atoms with E-state index in [0.717, 1.165) is 11.1 Å². The van der Waals surface area contributed by atoms with Crippen LogP contribution < -0.4 is 10.6 Å². The molecule has 0 radical (unpaired) electrons. The van der Waals surface area contributed by atoms with Crippen LogP contribution in [0.3, 0.4) is 0 Å². The summed E-state index contributed by atoms with van der Waals surface area (Å²) in [4.78, 5) is 49.8. The number of carboxylic acids is 1. The summed E-state index contributed by atoms with van der Waals surface area (Å²) in [5, 5.41) is 14.8. The highest BCUT2D eigenvalue weighted by Gasteiger charge is 2.24. The van der Waals surface area contributed by atoms with Crippen molar-refractivity contribution in [2.24, 2.45) is 0 Å². The van der Waals surface area contributed by atoms with Crippen molar-refractivity contribution < 1.29 is 24.3 Å². The van der Waals surface area contributed by atoms with E-state index >= 15 is 0 Å². The summed E-state index contributed by atoms with van der Waals surface area (Å²) in [7, 11) is 0. The maximum Gasteiger partial charge on any atom is 0.326 e. The van der Waals surface area contributed by atoms with Crippen molar-refractivity contribution in [3.63, 3.8) is 0 Å². The number of benzene rings is 3. The molecule has 3 N–H and O–H groups in total. The van der Waals surface area contributed by atoms with Crippen molar-refractivity contribution >= 4 is 23.6 Å². The summed E-state index contributed by atoms with van der Waals surface area (Å²) in [6.45, 7) is 0. The Morgan fingerprint density at radius 2 is 1.11 bits per heavy atom. The normalized spacial score (nSPS) is 12.2. The molecule has 180 valence electrons. The summed E-state index contributed by atoms with van der Waals surface area (Å²) in [5.74, 6) is -2.36. The molecule has 3 aromatic carbocycles. The van der Waals surface area contributed by atoms with E-state index in [-0.39, 0.29) is 37.4 Å². The number of rotatable bonds is 12. The standard InChI is InChI=1S/C28H28N2O5/c31-25(16-17-26(32)29-24(28(34)35)19-21-12-6-2-7-13-21)23(18-20-10-4-1-5-11-20)30-27(33)22-14-8-3-9-15-22/h1-15,23-24H,16-19H2,(H,29,32)(H,30,33)(H,34,35)/t23-,24-/m0/s1. The second-order valence-electron chi connectivity index (χ2n) is 8.20. The highest BCUT2D eigenvalue weighted by molar-refractivity contribution is 5.98. The summed E-state index contributed by atoms with van der Waals surface area (Å²) < 4.78 is 0. The summed E-state index contributed by atoms with van der Waals surface area (Å²) in [6, 6.07) is 24.9. The lowest BCUT2D eigenvalue weighted by molar-refractivity contribution is -0.141. The predicted octanol–water partition coefficient (Wildman–Crippen LogP) is 3.19. The minimum atomic E-state index is -1.15. The van der Waals surface area contributed by atoms with E-state index in [1.807, 2.05) is 36.4 Å². The summed E-state index contributed by atoms with van der Waals surface area (Å²) >= 11 is 0. The van der Waals surface area contributed by atoms with E-state index in [1.54, 1.807) is 54.6 Å². The summed E-state index contributed by atoms with van der Waals surface area (Å²) in [5.41, 5.74) is 2.08. The Bertz CT molecular complexity index is 1130. The maximum atomic E-state index is 13.0. The first kappa shape index (κ1) is 25.4. The van der Waals surface area contributed by atoms with E-state index in [4.69, 9.17) is 0 Å². The van der Waals surface area contributed by atoms with Crippen molar-refractivity contribution in [2.75, 3.05) is 0 Å². The van der Waals surface area contributed by atoms with Crippen LogP contribution in [-0.2, 0) is 27.2 Å². The number of nitrogens with one attached hydrogen (secondary N) is 2. The lowest BCUT2D eigenvalue weighted by atomic mass is 9.98. The van der Waals surface area contributed by atoms with Gasteiger partial charge in [-0.3, -0.25) is 14.4 Å². The number of Topliss-reactive ketones (excluding diaryl/α,β-unsaturated/α-hetero) is 1. The molecule has 3 aromatic rings. The van der Waals surface area contributed by atoms with Crippen LogP contribution in [0.4, 0.5) is 0 Å². The molecule has 0 spiro atoms. The third kappa shape index (κ3) is 8.23. The minimum Gasteiger partial charge on any atom is -0.480 e. The molecule has 0 saturated carbocycles. The Labute approximate surface area is 204 Å². The van der Waals surface area contributed by atoms with Gasteiger partial charge in [0.25, 0.3) is 5.91 Å². The van der Waals surface area contributed by atoms with Gasteiger partial charge >= 0.3 is 5.97 Å².